The van der Waals surface area contributed by atoms with Crippen LogP contribution in [0.4, 0.5) is 8.78 Å². The van der Waals surface area contributed by atoms with Crippen molar-refractivity contribution in [2.75, 3.05) is 14.2 Å². The van der Waals surface area contributed by atoms with Crippen molar-refractivity contribution in [2.45, 2.75) is 19.6 Å². The number of halogens is 2. The van der Waals surface area contributed by atoms with Crippen molar-refractivity contribution in [2.24, 2.45) is 0 Å². The zero-order valence-corrected chi connectivity index (χ0v) is 12.1. The molecule has 0 bridgehead atoms. The normalized spacial score (nSPS) is 10.6. The molecular weight excluding hydrogens is 254 g/mol. The summed E-state index contributed by atoms with van der Waals surface area (Å²) in [5, 5.41) is 0. The van der Waals surface area contributed by atoms with E-state index in [4.69, 9.17) is 9.47 Å². The molecule has 18 heavy (non-hydrogen) atoms. The maximum atomic E-state index is 13.9. The first-order valence-corrected chi connectivity index (χ1v) is 8.93. The van der Waals surface area contributed by atoms with Gasteiger partial charge in [0.25, 0.3) is 0 Å². The Morgan fingerprint density at radius 2 is 1.44 bits per heavy atom. The molecule has 0 aromatic heterocycles. The summed E-state index contributed by atoms with van der Waals surface area (Å²) in [6.45, 7) is 5.98. The predicted octanol–water partition coefficient (Wildman–Crippen LogP) is 3.21. The SMILES string of the molecule is COc1cc(OC)c(F)c(C#C[Si](C)(C)C)c1F. The fourth-order valence-corrected chi connectivity index (χ4v) is 1.75. The molecule has 0 aliphatic heterocycles. The van der Waals surface area contributed by atoms with Crippen LogP contribution in [-0.2, 0) is 0 Å². The van der Waals surface area contributed by atoms with Gasteiger partial charge in [0.05, 0.1) is 14.2 Å². The molecule has 0 saturated carbocycles. The molecule has 1 aromatic carbocycles. The van der Waals surface area contributed by atoms with Gasteiger partial charge in [0.15, 0.2) is 23.1 Å². The summed E-state index contributed by atoms with van der Waals surface area (Å²) in [5.41, 5.74) is 2.62. The Morgan fingerprint density at radius 3 is 1.78 bits per heavy atom. The number of rotatable bonds is 2. The highest BCUT2D eigenvalue weighted by Gasteiger charge is 2.19. The summed E-state index contributed by atoms with van der Waals surface area (Å²) in [4.78, 5) is 0. The van der Waals surface area contributed by atoms with Crippen LogP contribution < -0.4 is 9.47 Å². The molecule has 98 valence electrons. The van der Waals surface area contributed by atoms with Crippen molar-refractivity contribution in [3.63, 3.8) is 0 Å². The van der Waals surface area contributed by atoms with E-state index in [0.717, 1.165) is 0 Å². The van der Waals surface area contributed by atoms with Gasteiger partial charge in [0, 0.05) is 6.07 Å². The van der Waals surface area contributed by atoms with E-state index in [0.29, 0.717) is 0 Å². The molecule has 1 rings (SSSR count). The number of ether oxygens (including phenoxy) is 2. The van der Waals surface area contributed by atoms with E-state index in [-0.39, 0.29) is 17.1 Å². The molecule has 0 unspecified atom stereocenters. The Morgan fingerprint density at radius 1 is 1.00 bits per heavy atom. The molecule has 0 atom stereocenters. The Balaban J connectivity index is 3.45. The summed E-state index contributed by atoms with van der Waals surface area (Å²) in [6.07, 6.45) is 0. The van der Waals surface area contributed by atoms with E-state index < -0.39 is 19.7 Å². The second-order valence-corrected chi connectivity index (χ2v) is 9.53. The quantitative estimate of drug-likeness (QED) is 0.607. The van der Waals surface area contributed by atoms with Crippen LogP contribution in [0.1, 0.15) is 5.56 Å². The van der Waals surface area contributed by atoms with Crippen LogP contribution in [0.2, 0.25) is 19.6 Å². The molecule has 0 heterocycles. The largest absolute Gasteiger partial charge is 0.493 e. The summed E-state index contributed by atoms with van der Waals surface area (Å²) in [6, 6.07) is 1.17. The van der Waals surface area contributed by atoms with Crippen molar-refractivity contribution in [1.29, 1.82) is 0 Å². The van der Waals surface area contributed by atoms with Gasteiger partial charge < -0.3 is 9.47 Å². The zero-order valence-electron chi connectivity index (χ0n) is 11.1. The molecule has 0 N–H and O–H groups in total. The molecule has 0 saturated heterocycles. The van der Waals surface area contributed by atoms with Gasteiger partial charge in [0.2, 0.25) is 0 Å². The summed E-state index contributed by atoms with van der Waals surface area (Å²) >= 11 is 0. The Labute approximate surface area is 107 Å². The minimum absolute atomic E-state index is 0.0758. The number of hydrogen-bond donors (Lipinski definition) is 0. The number of hydrogen-bond acceptors (Lipinski definition) is 2. The van der Waals surface area contributed by atoms with Crippen LogP contribution in [0, 0.1) is 23.1 Å². The highest BCUT2D eigenvalue weighted by molar-refractivity contribution is 6.83. The van der Waals surface area contributed by atoms with E-state index in [1.807, 2.05) is 19.6 Å². The lowest BCUT2D eigenvalue weighted by atomic mass is 10.2. The van der Waals surface area contributed by atoms with Gasteiger partial charge in [-0.15, -0.1) is 5.54 Å². The molecule has 0 radical (unpaired) electrons. The third-order valence-corrected chi connectivity index (χ3v) is 3.01. The van der Waals surface area contributed by atoms with Crippen LogP contribution in [-0.4, -0.2) is 22.3 Å². The lowest BCUT2D eigenvalue weighted by Crippen LogP contribution is -2.16. The highest BCUT2D eigenvalue weighted by atomic mass is 28.3. The van der Waals surface area contributed by atoms with Crippen LogP contribution in [0.15, 0.2) is 6.07 Å². The first kappa shape index (κ1) is 14.5. The van der Waals surface area contributed by atoms with Crippen molar-refractivity contribution in [3.8, 4) is 23.0 Å². The lowest BCUT2D eigenvalue weighted by molar-refractivity contribution is 0.357. The summed E-state index contributed by atoms with van der Waals surface area (Å²) < 4.78 is 37.5. The predicted molar refractivity (Wildman–Crippen MR) is 69.7 cm³/mol. The fraction of sp³-hybridized carbons (Fsp3) is 0.385. The third kappa shape index (κ3) is 3.23. The fourth-order valence-electron chi connectivity index (χ4n) is 1.25. The minimum Gasteiger partial charge on any atom is -0.493 e. The Kier molecular flexibility index (Phi) is 4.36. The molecule has 5 heteroatoms. The Hall–Kier alpha value is -1.54. The second kappa shape index (κ2) is 5.40. The van der Waals surface area contributed by atoms with Gasteiger partial charge in [-0.1, -0.05) is 25.6 Å². The van der Waals surface area contributed by atoms with Gasteiger partial charge in [0.1, 0.15) is 13.6 Å². The van der Waals surface area contributed by atoms with Crippen molar-refractivity contribution in [3.05, 3.63) is 23.3 Å². The van der Waals surface area contributed by atoms with E-state index in [1.54, 1.807) is 0 Å². The van der Waals surface area contributed by atoms with E-state index >= 15 is 0 Å². The molecule has 0 fully saturated rings. The highest BCUT2D eigenvalue weighted by Crippen LogP contribution is 2.30. The monoisotopic (exact) mass is 270 g/mol. The van der Waals surface area contributed by atoms with E-state index in [2.05, 4.69) is 11.5 Å². The topological polar surface area (TPSA) is 18.5 Å². The average molecular weight is 270 g/mol. The van der Waals surface area contributed by atoms with Crippen LogP contribution in [0.3, 0.4) is 0 Å². The van der Waals surface area contributed by atoms with Gasteiger partial charge in [-0.25, -0.2) is 8.78 Å². The average Bonchev–Trinajstić information content (AvgIpc) is 2.28. The van der Waals surface area contributed by atoms with Crippen LogP contribution >= 0.6 is 0 Å². The minimum atomic E-state index is -1.72. The van der Waals surface area contributed by atoms with Crippen molar-refractivity contribution in [1.82, 2.24) is 0 Å². The van der Waals surface area contributed by atoms with Crippen LogP contribution in [0.5, 0.6) is 11.5 Å². The van der Waals surface area contributed by atoms with E-state index in [9.17, 15) is 8.78 Å². The zero-order chi connectivity index (χ0) is 13.9. The molecule has 2 nitrogen and oxygen atoms in total. The molecule has 0 amide bonds. The standard InChI is InChI=1S/C13H16F2O2Si/c1-16-10-8-11(17-2)13(15)9(12(10)14)6-7-18(3,4)5/h8H,1-5H3. The van der Waals surface area contributed by atoms with Gasteiger partial charge in [-0.05, 0) is 0 Å². The van der Waals surface area contributed by atoms with Crippen LogP contribution in [0.25, 0.3) is 0 Å². The lowest BCUT2D eigenvalue weighted by Gasteiger charge is -2.10. The van der Waals surface area contributed by atoms with Gasteiger partial charge >= 0.3 is 0 Å². The first-order valence-electron chi connectivity index (χ1n) is 5.43. The molecule has 1 aromatic rings. The van der Waals surface area contributed by atoms with Crippen molar-refractivity contribution >= 4 is 8.07 Å². The summed E-state index contributed by atoms with van der Waals surface area (Å²) in [7, 11) is 0.905. The summed E-state index contributed by atoms with van der Waals surface area (Å²) in [5.74, 6) is 0.840. The van der Waals surface area contributed by atoms with E-state index in [1.165, 1.54) is 20.3 Å². The molecular formula is C13H16F2O2Si. The molecule has 0 aliphatic carbocycles. The first-order chi connectivity index (χ1) is 8.30. The second-order valence-electron chi connectivity index (χ2n) is 4.78. The number of benzene rings is 1. The smallest absolute Gasteiger partial charge is 0.183 e. The number of methoxy groups -OCH3 is 2. The molecule has 0 aliphatic rings. The third-order valence-electron chi connectivity index (χ3n) is 2.14. The van der Waals surface area contributed by atoms with Crippen molar-refractivity contribution < 1.29 is 18.3 Å². The van der Waals surface area contributed by atoms with Gasteiger partial charge in [-0.2, -0.15) is 0 Å². The maximum Gasteiger partial charge on any atom is 0.183 e. The Bertz CT molecular complexity index is 482. The van der Waals surface area contributed by atoms with Gasteiger partial charge in [-0.3, -0.25) is 0 Å². The molecule has 0 spiro atoms. The maximum absolute atomic E-state index is 13.9.